The van der Waals surface area contributed by atoms with Crippen molar-refractivity contribution in [3.63, 3.8) is 0 Å². The molecule has 1 aromatic heterocycles. The fraction of sp³-hybridized carbons (Fsp3) is 0.0357. The van der Waals surface area contributed by atoms with Gasteiger partial charge in [-0.15, -0.1) is 0 Å². The quantitative estimate of drug-likeness (QED) is 0.317. The van der Waals surface area contributed by atoms with Crippen LogP contribution in [-0.4, -0.2) is 19.0 Å². The lowest BCUT2D eigenvalue weighted by Gasteiger charge is -2.08. The molecule has 0 fully saturated rings. The molecule has 4 rings (SSSR count). The van der Waals surface area contributed by atoms with Gasteiger partial charge in [0.2, 0.25) is 0 Å². The molecule has 0 aliphatic heterocycles. The second-order valence-electron chi connectivity index (χ2n) is 7.45. The lowest BCUT2D eigenvalue weighted by Crippen LogP contribution is -2.19. The van der Waals surface area contributed by atoms with E-state index in [1.54, 1.807) is 42.5 Å². The van der Waals surface area contributed by atoms with Gasteiger partial charge in [-0.2, -0.15) is 0 Å². The van der Waals surface area contributed by atoms with Gasteiger partial charge in [0.15, 0.2) is 0 Å². The number of amides is 1. The summed E-state index contributed by atoms with van der Waals surface area (Å²) in [6.07, 6.45) is 2.94. The number of ether oxygens (including phenoxy) is 2. The first-order valence-corrected chi connectivity index (χ1v) is 10.9. The van der Waals surface area contributed by atoms with Crippen molar-refractivity contribution >= 4 is 29.3 Å². The molecule has 4 aromatic rings. The molecule has 180 valence electrons. The van der Waals surface area contributed by atoms with Gasteiger partial charge in [0, 0.05) is 17.5 Å². The number of carbonyl (C=O) groups is 2. The lowest BCUT2D eigenvalue weighted by molar-refractivity contribution is 0.0597. The summed E-state index contributed by atoms with van der Waals surface area (Å²) in [7, 11) is 1.21. The van der Waals surface area contributed by atoms with Gasteiger partial charge < -0.3 is 24.5 Å². The summed E-state index contributed by atoms with van der Waals surface area (Å²) in [5.74, 6) is 0.134. The predicted octanol–water partition coefficient (Wildman–Crippen LogP) is 5.55. The number of nitrogens with one attached hydrogen (secondary N) is 2. The number of hydrogen-bond donors (Lipinski definition) is 2. The van der Waals surface area contributed by atoms with E-state index in [1.165, 1.54) is 25.5 Å². The summed E-state index contributed by atoms with van der Waals surface area (Å²) in [5.41, 5.74) is 0.0766. The molecule has 0 saturated carbocycles. The van der Waals surface area contributed by atoms with E-state index in [-0.39, 0.29) is 17.0 Å². The van der Waals surface area contributed by atoms with Crippen LogP contribution in [0.25, 0.3) is 6.08 Å². The molecule has 36 heavy (non-hydrogen) atoms. The molecule has 8 nitrogen and oxygen atoms in total. The molecule has 0 spiro atoms. The molecule has 0 radical (unpaired) electrons. The molecule has 0 saturated heterocycles. The Bertz CT molecular complexity index is 1430. The van der Waals surface area contributed by atoms with Gasteiger partial charge in [-0.05, 0) is 60.7 Å². The van der Waals surface area contributed by atoms with Gasteiger partial charge in [-0.1, -0.05) is 36.4 Å². The van der Waals surface area contributed by atoms with E-state index in [2.05, 4.69) is 10.6 Å². The average molecular weight is 482 g/mol. The van der Waals surface area contributed by atoms with Crippen LogP contribution >= 0.6 is 0 Å². The zero-order valence-electron chi connectivity index (χ0n) is 19.3. The number of methoxy groups -OCH3 is 1. The Labute approximate surface area is 206 Å². The summed E-state index contributed by atoms with van der Waals surface area (Å²) in [5, 5.41) is 5.51. The largest absolute Gasteiger partial charge is 0.465 e. The molecule has 0 atom stereocenters. The topological polar surface area (TPSA) is 107 Å². The molecule has 0 aliphatic carbocycles. The van der Waals surface area contributed by atoms with Crippen molar-refractivity contribution in [1.82, 2.24) is 0 Å². The van der Waals surface area contributed by atoms with Crippen LogP contribution in [0.3, 0.4) is 0 Å². The lowest BCUT2D eigenvalue weighted by atomic mass is 10.2. The van der Waals surface area contributed by atoms with E-state index >= 15 is 0 Å². The summed E-state index contributed by atoms with van der Waals surface area (Å²) < 4.78 is 15.9. The first-order valence-electron chi connectivity index (χ1n) is 10.9. The maximum Gasteiger partial charge on any atom is 0.360 e. The average Bonchev–Trinajstić information content (AvgIpc) is 2.91. The van der Waals surface area contributed by atoms with Gasteiger partial charge >= 0.3 is 11.6 Å². The predicted molar refractivity (Wildman–Crippen MR) is 136 cm³/mol. The van der Waals surface area contributed by atoms with Crippen LogP contribution in [0.15, 0.2) is 106 Å². The highest BCUT2D eigenvalue weighted by Gasteiger charge is 2.18. The van der Waals surface area contributed by atoms with Crippen molar-refractivity contribution in [3.8, 4) is 11.5 Å². The Kier molecular flexibility index (Phi) is 7.57. The molecular weight excluding hydrogens is 460 g/mol. The number of rotatable bonds is 8. The Morgan fingerprint density at radius 3 is 2.17 bits per heavy atom. The van der Waals surface area contributed by atoms with Crippen LogP contribution in [0.4, 0.5) is 11.4 Å². The third kappa shape index (κ3) is 6.06. The van der Waals surface area contributed by atoms with E-state index in [0.717, 1.165) is 11.4 Å². The number of benzene rings is 3. The normalized spacial score (nSPS) is 10.6. The molecule has 2 N–H and O–H groups in total. The third-order valence-corrected chi connectivity index (χ3v) is 4.98. The van der Waals surface area contributed by atoms with Gasteiger partial charge in [-0.25, -0.2) is 9.59 Å². The second kappa shape index (κ2) is 11.3. The molecule has 3 aromatic carbocycles. The number of esters is 1. The monoisotopic (exact) mass is 482 g/mol. The molecular formula is C28H22N2O6. The molecule has 8 heteroatoms. The summed E-state index contributed by atoms with van der Waals surface area (Å²) >= 11 is 0. The van der Waals surface area contributed by atoms with Crippen molar-refractivity contribution in [3.05, 3.63) is 125 Å². The first kappa shape index (κ1) is 24.0. The smallest absolute Gasteiger partial charge is 0.360 e. The highest BCUT2D eigenvalue weighted by Crippen LogP contribution is 2.23. The Morgan fingerprint density at radius 2 is 1.50 bits per heavy atom. The zero-order chi connectivity index (χ0) is 25.3. The van der Waals surface area contributed by atoms with Crippen LogP contribution in [0.1, 0.15) is 26.5 Å². The van der Waals surface area contributed by atoms with E-state index in [0.29, 0.717) is 11.3 Å². The Hall–Kier alpha value is -5.11. The van der Waals surface area contributed by atoms with E-state index in [1.807, 2.05) is 42.5 Å². The van der Waals surface area contributed by atoms with E-state index in [4.69, 9.17) is 13.9 Å². The zero-order valence-corrected chi connectivity index (χ0v) is 19.3. The Balaban J connectivity index is 1.48. The highest BCUT2D eigenvalue weighted by atomic mass is 16.5. The number of para-hydroxylation sites is 1. The van der Waals surface area contributed by atoms with Crippen LogP contribution in [-0.2, 0) is 4.74 Å². The molecule has 1 amide bonds. The van der Waals surface area contributed by atoms with Gasteiger partial charge in [0.25, 0.3) is 5.91 Å². The van der Waals surface area contributed by atoms with Crippen LogP contribution in [0.5, 0.6) is 11.5 Å². The third-order valence-electron chi connectivity index (χ3n) is 4.98. The highest BCUT2D eigenvalue weighted by molar-refractivity contribution is 6.04. The van der Waals surface area contributed by atoms with Gasteiger partial charge in [0.1, 0.15) is 28.5 Å². The standard InChI is InChI=1S/C28H22N2O6/c1-34-27(32)23-18-24(30-26(31)19-8-4-2-5-9-19)28(33)36-25(23)16-17-29-20-12-14-22(15-13-20)35-21-10-6-3-7-11-21/h2-18,29H,1H3,(H,30,31). The van der Waals surface area contributed by atoms with Crippen molar-refractivity contribution in [1.29, 1.82) is 0 Å². The van der Waals surface area contributed by atoms with Crippen molar-refractivity contribution < 1.29 is 23.5 Å². The maximum atomic E-state index is 12.5. The van der Waals surface area contributed by atoms with Crippen LogP contribution in [0, 0.1) is 0 Å². The summed E-state index contributed by atoms with van der Waals surface area (Å²) in [6, 6.07) is 26.2. The van der Waals surface area contributed by atoms with Crippen molar-refractivity contribution in [2.75, 3.05) is 17.7 Å². The fourth-order valence-corrected chi connectivity index (χ4v) is 3.21. The SMILES string of the molecule is COC(=O)c1cc(NC(=O)c2ccccc2)c(=O)oc1C=CNc1ccc(Oc2ccccc2)cc1. The molecule has 0 bridgehead atoms. The van der Waals surface area contributed by atoms with Crippen LogP contribution < -0.4 is 21.0 Å². The van der Waals surface area contributed by atoms with Crippen molar-refractivity contribution in [2.24, 2.45) is 0 Å². The van der Waals surface area contributed by atoms with Crippen LogP contribution in [0.2, 0.25) is 0 Å². The fourth-order valence-electron chi connectivity index (χ4n) is 3.21. The minimum atomic E-state index is -0.811. The maximum absolute atomic E-state index is 12.5. The molecule has 1 heterocycles. The Morgan fingerprint density at radius 1 is 0.861 bits per heavy atom. The van der Waals surface area contributed by atoms with Gasteiger partial charge in [-0.3, -0.25) is 4.79 Å². The summed E-state index contributed by atoms with van der Waals surface area (Å²) in [4.78, 5) is 37.2. The second-order valence-corrected chi connectivity index (χ2v) is 7.45. The summed E-state index contributed by atoms with van der Waals surface area (Å²) in [6.45, 7) is 0. The number of carbonyl (C=O) groups excluding carboxylic acids is 2. The number of hydrogen-bond acceptors (Lipinski definition) is 7. The molecule has 0 unspecified atom stereocenters. The van der Waals surface area contributed by atoms with E-state index < -0.39 is 17.5 Å². The minimum absolute atomic E-state index is 0.0230. The van der Waals surface area contributed by atoms with Crippen molar-refractivity contribution in [2.45, 2.75) is 0 Å². The number of anilines is 2. The first-order chi connectivity index (χ1) is 17.5. The van der Waals surface area contributed by atoms with E-state index in [9.17, 15) is 14.4 Å². The minimum Gasteiger partial charge on any atom is -0.465 e. The molecule has 0 aliphatic rings. The van der Waals surface area contributed by atoms with Gasteiger partial charge in [0.05, 0.1) is 7.11 Å².